The number of hydrogen-bond donors (Lipinski definition) is 1. The lowest BCUT2D eigenvalue weighted by Crippen LogP contribution is -1.98. The van der Waals surface area contributed by atoms with Crippen LogP contribution in [0.25, 0.3) is 0 Å². The van der Waals surface area contributed by atoms with Gasteiger partial charge in [-0.15, -0.1) is 0 Å². The van der Waals surface area contributed by atoms with Crippen LogP contribution in [0.3, 0.4) is 0 Å². The summed E-state index contributed by atoms with van der Waals surface area (Å²) in [6.07, 6.45) is 1.30. The van der Waals surface area contributed by atoms with E-state index < -0.39 is 10.9 Å². The molecule has 0 saturated heterocycles. The monoisotopic (exact) mass is 231 g/mol. The second-order valence-electron chi connectivity index (χ2n) is 2.73. The maximum Gasteiger partial charge on any atom is 0.395 e. The Balaban J connectivity index is 2.70. The van der Waals surface area contributed by atoms with Gasteiger partial charge in [-0.2, -0.15) is 0 Å². The van der Waals surface area contributed by atoms with Crippen molar-refractivity contribution in [1.82, 2.24) is 9.55 Å². The summed E-state index contributed by atoms with van der Waals surface area (Å²) in [7, 11) is 1.63. The van der Waals surface area contributed by atoms with Gasteiger partial charge in [0.25, 0.3) is 0 Å². The summed E-state index contributed by atoms with van der Waals surface area (Å²) in [5.41, 5.74) is 0. The molecule has 82 valence electrons. The van der Waals surface area contributed by atoms with E-state index in [4.69, 9.17) is 5.11 Å². The average molecular weight is 231 g/mol. The fraction of sp³-hybridized carbons (Fsp3) is 0.429. The average Bonchev–Trinajstić information content (AvgIpc) is 2.47. The minimum absolute atomic E-state index is 0.0347. The van der Waals surface area contributed by atoms with Crippen molar-refractivity contribution >= 4 is 23.5 Å². The number of nitro groups is 1. The molecule has 0 atom stereocenters. The lowest BCUT2D eigenvalue weighted by Gasteiger charge is -1.99. The zero-order chi connectivity index (χ0) is 11.4. The highest BCUT2D eigenvalue weighted by atomic mass is 32.2. The molecule has 1 rings (SSSR count). The molecule has 0 aliphatic rings. The Bertz CT molecular complexity index is 390. The van der Waals surface area contributed by atoms with E-state index in [1.807, 2.05) is 0 Å². The number of aliphatic carboxylic acids is 1. The topological polar surface area (TPSA) is 98.3 Å². The number of carboxylic acid groups (broad SMARTS) is 1. The molecule has 15 heavy (non-hydrogen) atoms. The van der Waals surface area contributed by atoms with Gasteiger partial charge >= 0.3 is 11.8 Å². The summed E-state index contributed by atoms with van der Waals surface area (Å²) < 4.78 is 1.50. The first-order chi connectivity index (χ1) is 7.02. The van der Waals surface area contributed by atoms with E-state index in [1.165, 1.54) is 10.9 Å². The third kappa shape index (κ3) is 2.94. The summed E-state index contributed by atoms with van der Waals surface area (Å²) in [6, 6.07) is 0. The van der Waals surface area contributed by atoms with Crippen LogP contribution in [-0.2, 0) is 11.8 Å². The summed E-state index contributed by atoms with van der Waals surface area (Å²) in [5.74, 6) is -0.865. The van der Waals surface area contributed by atoms with Crippen LogP contribution in [-0.4, -0.2) is 31.3 Å². The van der Waals surface area contributed by atoms with Crippen molar-refractivity contribution in [3.8, 4) is 0 Å². The molecule has 0 aliphatic heterocycles. The van der Waals surface area contributed by atoms with Crippen LogP contribution in [0.15, 0.2) is 11.4 Å². The molecule has 0 radical (unpaired) electrons. The summed E-state index contributed by atoms with van der Waals surface area (Å²) in [6.45, 7) is 0. The second kappa shape index (κ2) is 4.78. The van der Waals surface area contributed by atoms with Gasteiger partial charge < -0.3 is 19.8 Å². The number of imidazole rings is 1. The van der Waals surface area contributed by atoms with Crippen molar-refractivity contribution in [3.63, 3.8) is 0 Å². The predicted octanol–water partition coefficient (Wildman–Crippen LogP) is 0.895. The second-order valence-corrected chi connectivity index (χ2v) is 3.82. The van der Waals surface area contributed by atoms with Gasteiger partial charge in [0, 0.05) is 12.8 Å². The molecule has 0 aliphatic carbocycles. The summed E-state index contributed by atoms with van der Waals surface area (Å²) in [4.78, 5) is 23.8. The smallest absolute Gasteiger partial charge is 0.395 e. The molecule has 0 unspecified atom stereocenters. The summed E-state index contributed by atoms with van der Waals surface area (Å²) >= 11 is 1.11. The minimum atomic E-state index is -0.924. The molecule has 0 amide bonds. The van der Waals surface area contributed by atoms with Gasteiger partial charge in [-0.3, -0.25) is 4.79 Å². The van der Waals surface area contributed by atoms with Crippen LogP contribution >= 0.6 is 11.8 Å². The number of aryl methyl sites for hydroxylation is 1. The molecule has 0 spiro atoms. The van der Waals surface area contributed by atoms with Crippen molar-refractivity contribution in [2.75, 3.05) is 5.75 Å². The van der Waals surface area contributed by atoms with Crippen LogP contribution in [0, 0.1) is 10.1 Å². The fourth-order valence-corrected chi connectivity index (χ4v) is 1.91. The van der Waals surface area contributed by atoms with Gasteiger partial charge in [0.2, 0.25) is 6.33 Å². The van der Waals surface area contributed by atoms with E-state index in [0.29, 0.717) is 5.03 Å². The Morgan fingerprint density at radius 1 is 1.80 bits per heavy atom. The summed E-state index contributed by atoms with van der Waals surface area (Å²) in [5, 5.41) is 19.3. The SMILES string of the molecule is Cn1cnc([N+](=O)[O-])c1SCCC(=O)O. The van der Waals surface area contributed by atoms with Crippen LogP contribution in [0.2, 0.25) is 0 Å². The molecule has 0 saturated carbocycles. The standard InChI is InChI=1S/C7H9N3O4S/c1-9-4-8-6(10(13)14)7(9)15-3-2-5(11)12/h4H,2-3H2,1H3,(H,11,12). The number of nitrogens with zero attached hydrogens (tertiary/aromatic N) is 3. The third-order valence-electron chi connectivity index (χ3n) is 1.59. The van der Waals surface area contributed by atoms with Crippen LogP contribution in [0.5, 0.6) is 0 Å². The lowest BCUT2D eigenvalue weighted by molar-refractivity contribution is -0.392. The molecular formula is C7H9N3O4S. The quantitative estimate of drug-likeness (QED) is 0.459. The first-order valence-electron chi connectivity index (χ1n) is 4.02. The van der Waals surface area contributed by atoms with Crippen molar-refractivity contribution in [2.24, 2.45) is 7.05 Å². The third-order valence-corrected chi connectivity index (χ3v) is 2.74. The van der Waals surface area contributed by atoms with Gasteiger partial charge in [0.1, 0.15) is 0 Å². The van der Waals surface area contributed by atoms with E-state index in [1.54, 1.807) is 7.05 Å². The molecule has 1 aromatic rings. The highest BCUT2D eigenvalue weighted by molar-refractivity contribution is 7.99. The number of hydrogen-bond acceptors (Lipinski definition) is 5. The Hall–Kier alpha value is -1.57. The van der Waals surface area contributed by atoms with E-state index in [-0.39, 0.29) is 18.0 Å². The van der Waals surface area contributed by atoms with E-state index >= 15 is 0 Å². The van der Waals surface area contributed by atoms with Gasteiger partial charge in [-0.05, 0) is 9.91 Å². The van der Waals surface area contributed by atoms with Crippen molar-refractivity contribution in [2.45, 2.75) is 11.4 Å². The number of aromatic nitrogens is 2. The van der Waals surface area contributed by atoms with Crippen LogP contribution in [0.1, 0.15) is 6.42 Å². The molecular weight excluding hydrogens is 222 g/mol. The lowest BCUT2D eigenvalue weighted by atomic mass is 10.5. The zero-order valence-electron chi connectivity index (χ0n) is 7.91. The predicted molar refractivity (Wildman–Crippen MR) is 52.8 cm³/mol. The number of thioether (sulfide) groups is 1. The molecule has 0 bridgehead atoms. The van der Waals surface area contributed by atoms with E-state index in [2.05, 4.69) is 4.98 Å². The fourth-order valence-electron chi connectivity index (χ4n) is 0.933. The van der Waals surface area contributed by atoms with Gasteiger partial charge in [-0.25, -0.2) is 0 Å². The maximum atomic E-state index is 10.5. The van der Waals surface area contributed by atoms with Crippen molar-refractivity contribution < 1.29 is 14.8 Å². The van der Waals surface area contributed by atoms with Gasteiger partial charge in [0.15, 0.2) is 5.03 Å². The van der Waals surface area contributed by atoms with Crippen molar-refractivity contribution in [1.29, 1.82) is 0 Å². The highest BCUT2D eigenvalue weighted by Crippen LogP contribution is 2.27. The van der Waals surface area contributed by atoms with Crippen LogP contribution in [0.4, 0.5) is 5.82 Å². The molecule has 1 N–H and O–H groups in total. The molecule has 1 aromatic heterocycles. The molecule has 1 heterocycles. The van der Waals surface area contributed by atoms with Gasteiger partial charge in [-0.1, -0.05) is 11.8 Å². The highest BCUT2D eigenvalue weighted by Gasteiger charge is 2.20. The zero-order valence-corrected chi connectivity index (χ0v) is 8.73. The number of carboxylic acids is 1. The van der Waals surface area contributed by atoms with E-state index in [0.717, 1.165) is 11.8 Å². The van der Waals surface area contributed by atoms with Gasteiger partial charge in [0.05, 0.1) is 6.42 Å². The number of carbonyl (C=O) groups is 1. The van der Waals surface area contributed by atoms with Crippen molar-refractivity contribution in [3.05, 3.63) is 16.4 Å². The Morgan fingerprint density at radius 3 is 3.00 bits per heavy atom. The largest absolute Gasteiger partial charge is 0.481 e. The molecule has 0 aromatic carbocycles. The normalized spacial score (nSPS) is 10.2. The van der Waals surface area contributed by atoms with Crippen LogP contribution < -0.4 is 0 Å². The first kappa shape index (κ1) is 11.5. The Kier molecular flexibility index (Phi) is 3.67. The van der Waals surface area contributed by atoms with E-state index in [9.17, 15) is 14.9 Å². The number of rotatable bonds is 5. The Morgan fingerprint density at radius 2 is 2.47 bits per heavy atom. The minimum Gasteiger partial charge on any atom is -0.481 e. The molecule has 0 fully saturated rings. The Labute approximate surface area is 89.3 Å². The first-order valence-corrected chi connectivity index (χ1v) is 5.01. The molecule has 8 heteroatoms. The molecule has 7 nitrogen and oxygen atoms in total. The maximum absolute atomic E-state index is 10.5.